The number of nitrogens with one attached hydrogen (secondary N) is 2. The zero-order valence-corrected chi connectivity index (χ0v) is 9.36. The number of carbonyl (C=O) groups is 4. The van der Waals surface area contributed by atoms with Crippen LogP contribution in [0.4, 0.5) is 0 Å². The molecule has 96 valence electrons. The number of amides is 3. The van der Waals surface area contributed by atoms with Gasteiger partial charge in [-0.25, -0.2) is 4.79 Å². The number of rotatable bonds is 7. The third-order valence-electron chi connectivity index (χ3n) is 1.81. The molecule has 17 heavy (non-hydrogen) atoms. The largest absolute Gasteiger partial charge is 0.480 e. The fourth-order valence-corrected chi connectivity index (χ4v) is 0.994. The molecule has 8 nitrogen and oxygen atoms in total. The van der Waals surface area contributed by atoms with Gasteiger partial charge in [0.15, 0.2) is 0 Å². The van der Waals surface area contributed by atoms with Gasteiger partial charge in [-0.05, 0) is 6.42 Å². The Hall–Kier alpha value is -2.12. The van der Waals surface area contributed by atoms with Crippen LogP contribution in [0, 0.1) is 0 Å². The summed E-state index contributed by atoms with van der Waals surface area (Å²) in [6.45, 7) is 0.921. The second-order valence-corrected chi connectivity index (χ2v) is 3.37. The lowest BCUT2D eigenvalue weighted by atomic mass is 10.1. The second-order valence-electron chi connectivity index (χ2n) is 3.37. The molecule has 0 aliphatic rings. The Bertz CT molecular complexity index is 329. The van der Waals surface area contributed by atoms with Gasteiger partial charge in [0, 0.05) is 13.3 Å². The molecule has 0 spiro atoms. The maximum atomic E-state index is 11.2. The molecule has 0 heterocycles. The van der Waals surface area contributed by atoms with Crippen molar-refractivity contribution in [1.29, 1.82) is 0 Å². The number of hydrogen-bond donors (Lipinski definition) is 4. The SMILES string of the molecule is CC(=O)NCC(=O)N[C@@H](CCC(N)=O)C(=O)O. The van der Waals surface area contributed by atoms with Crippen LogP contribution in [-0.4, -0.2) is 41.4 Å². The Morgan fingerprint density at radius 2 is 1.88 bits per heavy atom. The van der Waals surface area contributed by atoms with Crippen molar-refractivity contribution in [3.05, 3.63) is 0 Å². The van der Waals surface area contributed by atoms with Crippen molar-refractivity contribution in [3.63, 3.8) is 0 Å². The molecule has 0 unspecified atom stereocenters. The Balaban J connectivity index is 4.15. The number of carboxylic acids is 1. The van der Waals surface area contributed by atoms with E-state index in [9.17, 15) is 19.2 Å². The van der Waals surface area contributed by atoms with Gasteiger partial charge < -0.3 is 21.5 Å². The van der Waals surface area contributed by atoms with Crippen molar-refractivity contribution in [2.24, 2.45) is 5.73 Å². The number of carbonyl (C=O) groups excluding carboxylic acids is 3. The molecule has 0 aromatic rings. The highest BCUT2D eigenvalue weighted by Crippen LogP contribution is 1.97. The van der Waals surface area contributed by atoms with Crippen LogP contribution in [0.1, 0.15) is 19.8 Å². The quantitative estimate of drug-likeness (QED) is 0.409. The van der Waals surface area contributed by atoms with Crippen molar-refractivity contribution in [2.75, 3.05) is 6.54 Å². The summed E-state index contributed by atoms with van der Waals surface area (Å²) in [5.41, 5.74) is 4.87. The first-order valence-electron chi connectivity index (χ1n) is 4.88. The molecular formula is C9H15N3O5. The van der Waals surface area contributed by atoms with Gasteiger partial charge in [0.05, 0.1) is 6.54 Å². The molecule has 5 N–H and O–H groups in total. The minimum atomic E-state index is -1.26. The van der Waals surface area contributed by atoms with E-state index in [4.69, 9.17) is 10.8 Å². The Morgan fingerprint density at radius 3 is 2.29 bits per heavy atom. The van der Waals surface area contributed by atoms with E-state index in [1.165, 1.54) is 6.92 Å². The van der Waals surface area contributed by atoms with Crippen LogP contribution in [0.3, 0.4) is 0 Å². The fraction of sp³-hybridized carbons (Fsp3) is 0.556. The van der Waals surface area contributed by atoms with E-state index in [-0.39, 0.29) is 19.4 Å². The van der Waals surface area contributed by atoms with E-state index >= 15 is 0 Å². The molecule has 0 aliphatic carbocycles. The van der Waals surface area contributed by atoms with E-state index in [0.717, 1.165) is 0 Å². The van der Waals surface area contributed by atoms with Crippen LogP contribution in [-0.2, 0) is 19.2 Å². The first-order valence-corrected chi connectivity index (χ1v) is 4.88. The maximum Gasteiger partial charge on any atom is 0.326 e. The third kappa shape index (κ3) is 7.77. The van der Waals surface area contributed by atoms with Gasteiger partial charge in [-0.3, -0.25) is 14.4 Å². The minimum absolute atomic E-state index is 0.0868. The van der Waals surface area contributed by atoms with Gasteiger partial charge in [-0.15, -0.1) is 0 Å². The summed E-state index contributed by atoms with van der Waals surface area (Å²) in [6, 6.07) is -1.19. The smallest absolute Gasteiger partial charge is 0.326 e. The Kier molecular flexibility index (Phi) is 6.30. The van der Waals surface area contributed by atoms with Crippen LogP contribution in [0.15, 0.2) is 0 Å². The molecule has 0 aliphatic heterocycles. The third-order valence-corrected chi connectivity index (χ3v) is 1.81. The van der Waals surface area contributed by atoms with Crippen molar-refractivity contribution in [1.82, 2.24) is 10.6 Å². The topological polar surface area (TPSA) is 139 Å². The van der Waals surface area contributed by atoms with Crippen LogP contribution in [0.25, 0.3) is 0 Å². The first kappa shape index (κ1) is 14.9. The highest BCUT2D eigenvalue weighted by atomic mass is 16.4. The van der Waals surface area contributed by atoms with Gasteiger partial charge in [0.25, 0.3) is 0 Å². The molecule has 0 bridgehead atoms. The molecule has 0 fully saturated rings. The van der Waals surface area contributed by atoms with Gasteiger partial charge in [0.1, 0.15) is 6.04 Å². The Labute approximate surface area is 97.5 Å². The molecular weight excluding hydrogens is 230 g/mol. The summed E-state index contributed by atoms with van der Waals surface area (Å²) in [4.78, 5) is 42.9. The van der Waals surface area contributed by atoms with Crippen molar-refractivity contribution < 1.29 is 24.3 Å². The zero-order valence-electron chi connectivity index (χ0n) is 9.36. The molecule has 0 saturated carbocycles. The summed E-state index contributed by atoms with van der Waals surface area (Å²) >= 11 is 0. The van der Waals surface area contributed by atoms with Crippen LogP contribution in [0.5, 0.6) is 0 Å². The summed E-state index contributed by atoms with van der Waals surface area (Å²) in [5.74, 6) is -2.95. The van der Waals surface area contributed by atoms with E-state index in [2.05, 4.69) is 10.6 Å². The summed E-state index contributed by atoms with van der Waals surface area (Å²) in [6.07, 6.45) is -0.228. The van der Waals surface area contributed by atoms with E-state index in [0.29, 0.717) is 0 Å². The standard InChI is InChI=1S/C9H15N3O5/c1-5(13)11-4-8(15)12-6(9(16)17)2-3-7(10)14/h6H,2-4H2,1H3,(H2,10,14)(H,11,13)(H,12,15)(H,16,17)/t6-/m0/s1. The molecule has 8 heteroatoms. The van der Waals surface area contributed by atoms with Gasteiger partial charge in [-0.2, -0.15) is 0 Å². The van der Waals surface area contributed by atoms with Crippen LogP contribution < -0.4 is 16.4 Å². The highest BCUT2D eigenvalue weighted by Gasteiger charge is 2.20. The van der Waals surface area contributed by atoms with Gasteiger partial charge in [0.2, 0.25) is 17.7 Å². The predicted molar refractivity (Wildman–Crippen MR) is 56.7 cm³/mol. The average Bonchev–Trinajstić information content (AvgIpc) is 2.20. The lowest BCUT2D eigenvalue weighted by Crippen LogP contribution is -2.45. The van der Waals surface area contributed by atoms with E-state index in [1.54, 1.807) is 0 Å². The lowest BCUT2D eigenvalue weighted by Gasteiger charge is -2.13. The predicted octanol–water partition coefficient (Wildman–Crippen LogP) is -2.04. The zero-order chi connectivity index (χ0) is 13.4. The molecule has 0 radical (unpaired) electrons. The monoisotopic (exact) mass is 245 g/mol. The van der Waals surface area contributed by atoms with Crippen LogP contribution >= 0.6 is 0 Å². The maximum absolute atomic E-state index is 11.2. The number of primary amides is 1. The molecule has 1 atom stereocenters. The highest BCUT2D eigenvalue weighted by molar-refractivity contribution is 5.87. The number of hydrogen-bond acceptors (Lipinski definition) is 4. The Morgan fingerprint density at radius 1 is 1.29 bits per heavy atom. The number of carboxylic acid groups (broad SMARTS) is 1. The first-order chi connectivity index (χ1) is 7.82. The van der Waals surface area contributed by atoms with Crippen molar-refractivity contribution >= 4 is 23.7 Å². The lowest BCUT2D eigenvalue weighted by molar-refractivity contribution is -0.142. The number of nitrogens with two attached hydrogens (primary N) is 1. The van der Waals surface area contributed by atoms with Crippen molar-refractivity contribution in [2.45, 2.75) is 25.8 Å². The summed E-state index contributed by atoms with van der Waals surface area (Å²) in [7, 11) is 0. The van der Waals surface area contributed by atoms with Gasteiger partial charge >= 0.3 is 5.97 Å². The van der Waals surface area contributed by atoms with E-state index in [1.807, 2.05) is 0 Å². The molecule has 3 amide bonds. The minimum Gasteiger partial charge on any atom is -0.480 e. The van der Waals surface area contributed by atoms with Crippen LogP contribution in [0.2, 0.25) is 0 Å². The molecule has 0 saturated heterocycles. The summed E-state index contributed by atoms with van der Waals surface area (Å²) < 4.78 is 0. The molecule has 0 aromatic carbocycles. The van der Waals surface area contributed by atoms with E-state index < -0.39 is 29.7 Å². The summed E-state index contributed by atoms with van der Waals surface area (Å²) in [5, 5.41) is 13.1. The average molecular weight is 245 g/mol. The fourth-order valence-electron chi connectivity index (χ4n) is 0.994. The van der Waals surface area contributed by atoms with Crippen molar-refractivity contribution in [3.8, 4) is 0 Å². The van der Waals surface area contributed by atoms with Gasteiger partial charge in [-0.1, -0.05) is 0 Å². The normalized spacial score (nSPS) is 11.4. The second kappa shape index (κ2) is 7.20. The molecule has 0 rings (SSSR count). The molecule has 0 aromatic heterocycles. The number of aliphatic carboxylic acids is 1.